The van der Waals surface area contributed by atoms with E-state index >= 15 is 0 Å². The van der Waals surface area contributed by atoms with E-state index in [1.807, 2.05) is 23.1 Å². The van der Waals surface area contributed by atoms with Crippen LogP contribution >= 0.6 is 47.1 Å². The minimum absolute atomic E-state index is 0. The van der Waals surface area contributed by atoms with Gasteiger partial charge < -0.3 is 15.5 Å². The number of nitrogens with one attached hydrogen (secondary N) is 2. The molecule has 0 saturated heterocycles. The lowest BCUT2D eigenvalue weighted by Gasteiger charge is -2.27. The van der Waals surface area contributed by atoms with Crippen molar-refractivity contribution in [3.63, 3.8) is 0 Å². The van der Waals surface area contributed by atoms with Crippen LogP contribution in [-0.4, -0.2) is 49.2 Å². The van der Waals surface area contributed by atoms with E-state index < -0.39 is 0 Å². The van der Waals surface area contributed by atoms with E-state index in [1.165, 1.54) is 15.3 Å². The number of carbonyl (C=O) groups excluding carboxylic acids is 1. The average molecular weight is 516 g/mol. The van der Waals surface area contributed by atoms with Crippen LogP contribution in [0.1, 0.15) is 10.4 Å². The van der Waals surface area contributed by atoms with Gasteiger partial charge in [-0.25, -0.2) is 0 Å². The van der Waals surface area contributed by atoms with Gasteiger partial charge in [-0.3, -0.25) is 9.79 Å². The molecule has 1 aromatic heterocycles. The second kappa shape index (κ2) is 11.6. The Kier molecular flexibility index (Phi) is 9.43. The van der Waals surface area contributed by atoms with E-state index in [1.54, 1.807) is 30.1 Å². The van der Waals surface area contributed by atoms with Crippen molar-refractivity contribution in [2.24, 2.45) is 4.99 Å². The topological polar surface area (TPSA) is 56.7 Å². The number of benzene rings is 1. The van der Waals surface area contributed by atoms with Gasteiger partial charge in [0.15, 0.2) is 5.96 Å². The lowest BCUT2D eigenvalue weighted by atomic mass is 10.1. The molecule has 27 heavy (non-hydrogen) atoms. The zero-order valence-corrected chi connectivity index (χ0v) is 19.3. The Morgan fingerprint density at radius 2 is 2.07 bits per heavy atom. The molecule has 1 aliphatic heterocycles. The average Bonchev–Trinajstić information content (AvgIpc) is 3.16. The molecule has 5 nitrogen and oxygen atoms in total. The third-order valence-electron chi connectivity index (χ3n) is 4.20. The third kappa shape index (κ3) is 6.69. The van der Waals surface area contributed by atoms with Gasteiger partial charge in [0.2, 0.25) is 5.91 Å². The normalized spacial score (nSPS) is 13.5. The lowest BCUT2D eigenvalue weighted by molar-refractivity contribution is -0.130. The van der Waals surface area contributed by atoms with Crippen molar-refractivity contribution in [1.82, 2.24) is 15.5 Å². The maximum atomic E-state index is 12.4. The summed E-state index contributed by atoms with van der Waals surface area (Å²) in [6.07, 6.45) is 0.961. The summed E-state index contributed by atoms with van der Waals surface area (Å²) < 4.78 is 0. The number of halogens is 1. The van der Waals surface area contributed by atoms with Crippen LogP contribution < -0.4 is 10.6 Å². The van der Waals surface area contributed by atoms with Gasteiger partial charge in [-0.05, 0) is 35.6 Å². The molecular weight excluding hydrogens is 491 g/mol. The molecule has 0 unspecified atom stereocenters. The predicted octanol–water partition coefficient (Wildman–Crippen LogP) is 3.21. The molecule has 0 spiro atoms. The minimum Gasteiger partial charge on any atom is -0.356 e. The Balaban J connectivity index is 0.00000261. The molecule has 0 saturated carbocycles. The molecule has 0 aliphatic carbocycles. The van der Waals surface area contributed by atoms with E-state index in [2.05, 4.69) is 39.2 Å². The van der Waals surface area contributed by atoms with Crippen LogP contribution in [0.25, 0.3) is 0 Å². The van der Waals surface area contributed by atoms with E-state index in [4.69, 9.17) is 0 Å². The van der Waals surface area contributed by atoms with E-state index in [0.717, 1.165) is 31.8 Å². The summed E-state index contributed by atoms with van der Waals surface area (Å²) >= 11 is 3.58. The maximum Gasteiger partial charge on any atom is 0.242 e. The number of amides is 1. The van der Waals surface area contributed by atoms with Gasteiger partial charge in [-0.1, -0.05) is 18.2 Å². The molecule has 8 heteroatoms. The van der Waals surface area contributed by atoms with Gasteiger partial charge in [0.25, 0.3) is 0 Å². The number of carbonyl (C=O) groups is 1. The number of aliphatic imine (C=N–C) groups is 1. The van der Waals surface area contributed by atoms with Crippen molar-refractivity contribution >= 4 is 58.9 Å². The fraction of sp³-hybridized carbons (Fsp3) is 0.368. The van der Waals surface area contributed by atoms with Gasteiger partial charge >= 0.3 is 0 Å². The van der Waals surface area contributed by atoms with Gasteiger partial charge in [-0.15, -0.1) is 47.1 Å². The Hall–Kier alpha value is -1.26. The molecule has 2 N–H and O–H groups in total. The second-order valence-corrected chi connectivity index (χ2v) is 8.12. The minimum atomic E-state index is 0. The van der Waals surface area contributed by atoms with Crippen LogP contribution in [-0.2, 0) is 17.8 Å². The van der Waals surface area contributed by atoms with Crippen molar-refractivity contribution in [3.05, 3.63) is 52.2 Å². The summed E-state index contributed by atoms with van der Waals surface area (Å²) in [5.41, 5.74) is 1.29. The summed E-state index contributed by atoms with van der Waals surface area (Å²) in [5, 5.41) is 8.49. The number of rotatable bonds is 6. The quantitative estimate of drug-likeness (QED) is 0.204. The number of nitrogens with zero attached hydrogens (tertiary/aromatic N) is 2. The molecule has 0 radical (unpaired) electrons. The molecule has 0 fully saturated rings. The van der Waals surface area contributed by atoms with Crippen LogP contribution in [0.4, 0.5) is 0 Å². The highest BCUT2D eigenvalue weighted by molar-refractivity contribution is 14.0. The van der Waals surface area contributed by atoms with Crippen LogP contribution in [0.5, 0.6) is 0 Å². The Labute approximate surface area is 186 Å². The van der Waals surface area contributed by atoms with Gasteiger partial charge in [0.05, 0.1) is 6.54 Å². The molecule has 2 heterocycles. The Morgan fingerprint density at radius 3 is 2.85 bits per heavy atom. The standard InChI is InChI=1S/C19H24N4OS2.HI/c1-20-19(21-9-12-25-16-5-3-2-4-6-16)22-13-18(24)23-10-7-17-15(14-23)8-11-26-17;/h2-6,8,11H,7,9-10,12-14H2,1H3,(H2,20,21,22);1H. The summed E-state index contributed by atoms with van der Waals surface area (Å²) in [4.78, 5) is 21.2. The van der Waals surface area contributed by atoms with Gasteiger partial charge in [-0.2, -0.15) is 0 Å². The van der Waals surface area contributed by atoms with E-state index in [-0.39, 0.29) is 36.4 Å². The first-order valence-corrected chi connectivity index (χ1v) is 10.6. The van der Waals surface area contributed by atoms with Crippen molar-refractivity contribution in [2.45, 2.75) is 17.9 Å². The van der Waals surface area contributed by atoms with E-state index in [9.17, 15) is 4.79 Å². The lowest BCUT2D eigenvalue weighted by Crippen LogP contribution is -2.46. The molecule has 3 rings (SSSR count). The van der Waals surface area contributed by atoms with Crippen LogP contribution in [0, 0.1) is 0 Å². The molecule has 1 aliphatic rings. The Morgan fingerprint density at radius 1 is 1.26 bits per heavy atom. The fourth-order valence-electron chi connectivity index (χ4n) is 2.81. The summed E-state index contributed by atoms with van der Waals surface area (Å²) in [6, 6.07) is 12.4. The fourth-order valence-corrected chi connectivity index (χ4v) is 4.49. The SMILES string of the molecule is CN=C(NCCSc1ccccc1)NCC(=O)N1CCc2sccc2C1.I. The molecule has 2 aromatic rings. The predicted molar refractivity (Wildman–Crippen MR) is 125 cm³/mol. The zero-order chi connectivity index (χ0) is 18.2. The summed E-state index contributed by atoms with van der Waals surface area (Å²) in [7, 11) is 1.72. The van der Waals surface area contributed by atoms with Crippen LogP contribution in [0.15, 0.2) is 51.7 Å². The number of hydrogen-bond acceptors (Lipinski definition) is 4. The second-order valence-electron chi connectivity index (χ2n) is 5.95. The highest BCUT2D eigenvalue weighted by Gasteiger charge is 2.21. The highest BCUT2D eigenvalue weighted by Crippen LogP contribution is 2.23. The molecule has 1 amide bonds. The van der Waals surface area contributed by atoms with Crippen molar-refractivity contribution in [1.29, 1.82) is 0 Å². The molecule has 146 valence electrons. The van der Waals surface area contributed by atoms with E-state index in [0.29, 0.717) is 5.96 Å². The number of fused-ring (bicyclic) bond motifs is 1. The number of thioether (sulfide) groups is 1. The number of guanidine groups is 1. The number of thiophene rings is 1. The highest BCUT2D eigenvalue weighted by atomic mass is 127. The smallest absolute Gasteiger partial charge is 0.242 e. The van der Waals surface area contributed by atoms with Gasteiger partial charge in [0.1, 0.15) is 0 Å². The molecular formula is C19H25IN4OS2. The Bertz CT molecular complexity index is 751. The van der Waals surface area contributed by atoms with Gasteiger partial charge in [0, 0.05) is 42.2 Å². The molecule has 0 bridgehead atoms. The monoisotopic (exact) mass is 516 g/mol. The van der Waals surface area contributed by atoms with Crippen molar-refractivity contribution in [2.75, 3.05) is 32.4 Å². The van der Waals surface area contributed by atoms with Crippen molar-refractivity contribution in [3.8, 4) is 0 Å². The van der Waals surface area contributed by atoms with Crippen LogP contribution in [0.2, 0.25) is 0 Å². The zero-order valence-electron chi connectivity index (χ0n) is 15.3. The third-order valence-corrected chi connectivity index (χ3v) is 6.23. The number of hydrogen-bond donors (Lipinski definition) is 2. The van der Waals surface area contributed by atoms with Crippen molar-refractivity contribution < 1.29 is 4.79 Å². The summed E-state index contributed by atoms with van der Waals surface area (Å²) in [6.45, 7) is 2.58. The first kappa shape index (κ1) is 22.0. The molecule has 1 aromatic carbocycles. The van der Waals surface area contributed by atoms with Crippen LogP contribution in [0.3, 0.4) is 0 Å². The maximum absolute atomic E-state index is 12.4. The first-order valence-electron chi connectivity index (χ1n) is 8.71. The first-order chi connectivity index (χ1) is 12.8. The summed E-state index contributed by atoms with van der Waals surface area (Å²) in [5.74, 6) is 1.72. The largest absolute Gasteiger partial charge is 0.356 e. The molecule has 0 atom stereocenters.